The number of hydrogen-bond acceptors (Lipinski definition) is 5. The van der Waals surface area contributed by atoms with Crippen LogP contribution in [-0.2, 0) is 6.54 Å². The van der Waals surface area contributed by atoms with Crippen molar-refractivity contribution < 1.29 is 14.0 Å². The molecule has 0 bridgehead atoms. The van der Waals surface area contributed by atoms with E-state index in [0.29, 0.717) is 27.8 Å². The average molecular weight is 429 g/mol. The van der Waals surface area contributed by atoms with Crippen molar-refractivity contribution >= 4 is 45.0 Å². The van der Waals surface area contributed by atoms with Gasteiger partial charge in [-0.05, 0) is 37.6 Å². The second kappa shape index (κ2) is 7.73. The first-order valence-corrected chi connectivity index (χ1v) is 9.98. The molecule has 0 aliphatic rings. The van der Waals surface area contributed by atoms with Gasteiger partial charge in [-0.3, -0.25) is 25.1 Å². The Balaban J connectivity index is 1.53. The minimum Gasteiger partial charge on any atom is -0.469 e. The molecule has 3 aromatic heterocycles. The SMILES string of the molecule is Cc1occc1C(=O)NNC(=O)c1cc2c(C)nn(Cc3ccccc3Cl)c2s1. The van der Waals surface area contributed by atoms with Gasteiger partial charge in [-0.25, -0.2) is 0 Å². The third-order valence-electron chi connectivity index (χ3n) is 4.50. The molecule has 2 N–H and O–H groups in total. The standard InChI is InChI=1S/C20H17ClN4O3S/c1-11-15-9-17(19(27)23-22-18(26)14-7-8-28-12(14)2)29-20(15)25(24-11)10-13-5-3-4-6-16(13)21/h3-9H,10H2,1-2H3,(H,22,26)(H,23,27). The molecule has 0 fully saturated rings. The zero-order chi connectivity index (χ0) is 20.5. The zero-order valence-electron chi connectivity index (χ0n) is 15.7. The highest BCUT2D eigenvalue weighted by Crippen LogP contribution is 2.29. The molecular weight excluding hydrogens is 412 g/mol. The van der Waals surface area contributed by atoms with Gasteiger partial charge in [0, 0.05) is 10.4 Å². The molecule has 1 aromatic carbocycles. The number of carbonyl (C=O) groups is 2. The van der Waals surface area contributed by atoms with Crippen LogP contribution in [0.5, 0.6) is 0 Å². The number of aromatic nitrogens is 2. The summed E-state index contributed by atoms with van der Waals surface area (Å²) in [7, 11) is 0. The molecule has 7 nitrogen and oxygen atoms in total. The van der Waals surface area contributed by atoms with Crippen LogP contribution in [0.25, 0.3) is 10.2 Å². The molecule has 0 unspecified atom stereocenters. The Hall–Kier alpha value is -3.10. The Kier molecular flexibility index (Phi) is 5.12. The molecule has 0 radical (unpaired) electrons. The Morgan fingerprint density at radius 3 is 2.66 bits per heavy atom. The quantitative estimate of drug-likeness (QED) is 0.479. The first-order valence-electron chi connectivity index (χ1n) is 8.79. The Morgan fingerprint density at radius 1 is 1.17 bits per heavy atom. The van der Waals surface area contributed by atoms with Gasteiger partial charge in [-0.1, -0.05) is 29.8 Å². The molecule has 0 atom stereocenters. The third kappa shape index (κ3) is 3.76. The highest BCUT2D eigenvalue weighted by molar-refractivity contribution is 7.20. The van der Waals surface area contributed by atoms with E-state index in [4.69, 9.17) is 16.0 Å². The molecule has 3 heterocycles. The lowest BCUT2D eigenvalue weighted by Gasteiger charge is -2.06. The highest BCUT2D eigenvalue weighted by Gasteiger charge is 2.18. The first-order chi connectivity index (χ1) is 13.9. The van der Waals surface area contributed by atoms with E-state index in [0.717, 1.165) is 21.5 Å². The van der Waals surface area contributed by atoms with Crippen molar-refractivity contribution in [2.45, 2.75) is 20.4 Å². The molecule has 0 saturated heterocycles. The number of amides is 2. The van der Waals surface area contributed by atoms with E-state index in [9.17, 15) is 9.59 Å². The van der Waals surface area contributed by atoms with Crippen molar-refractivity contribution in [2.24, 2.45) is 0 Å². The summed E-state index contributed by atoms with van der Waals surface area (Å²) in [4.78, 5) is 26.0. The first kappa shape index (κ1) is 19.2. The molecule has 4 aromatic rings. The van der Waals surface area contributed by atoms with Crippen molar-refractivity contribution in [3.63, 3.8) is 0 Å². The van der Waals surface area contributed by atoms with Crippen LogP contribution in [0.4, 0.5) is 0 Å². The van der Waals surface area contributed by atoms with Crippen molar-refractivity contribution in [1.82, 2.24) is 20.6 Å². The maximum Gasteiger partial charge on any atom is 0.279 e. The number of furan rings is 1. The van der Waals surface area contributed by atoms with Gasteiger partial charge in [0.1, 0.15) is 10.6 Å². The number of hydrazine groups is 1. The summed E-state index contributed by atoms with van der Waals surface area (Å²) >= 11 is 7.57. The summed E-state index contributed by atoms with van der Waals surface area (Å²) in [5.74, 6) is -0.356. The predicted molar refractivity (Wildman–Crippen MR) is 111 cm³/mol. The molecular formula is C20H17ClN4O3S. The van der Waals surface area contributed by atoms with Gasteiger partial charge in [0.05, 0.1) is 28.9 Å². The Bertz CT molecular complexity index is 1220. The van der Waals surface area contributed by atoms with Crippen LogP contribution < -0.4 is 10.9 Å². The number of aryl methyl sites for hydroxylation is 2. The average Bonchev–Trinajstić information content (AvgIpc) is 3.39. The summed E-state index contributed by atoms with van der Waals surface area (Å²) in [6.45, 7) is 4.07. The van der Waals surface area contributed by atoms with E-state index in [1.54, 1.807) is 19.1 Å². The summed E-state index contributed by atoms with van der Waals surface area (Å²) in [5, 5.41) is 6.12. The lowest BCUT2D eigenvalue weighted by Crippen LogP contribution is -2.41. The molecule has 29 heavy (non-hydrogen) atoms. The maximum atomic E-state index is 12.5. The fourth-order valence-corrected chi connectivity index (χ4v) is 4.23. The summed E-state index contributed by atoms with van der Waals surface area (Å²) < 4.78 is 6.93. The number of carbonyl (C=O) groups excluding carboxylic acids is 2. The van der Waals surface area contributed by atoms with Gasteiger partial charge in [-0.15, -0.1) is 11.3 Å². The van der Waals surface area contributed by atoms with Crippen LogP contribution in [0.3, 0.4) is 0 Å². The van der Waals surface area contributed by atoms with E-state index >= 15 is 0 Å². The molecule has 0 aliphatic carbocycles. The van der Waals surface area contributed by atoms with Gasteiger partial charge in [0.2, 0.25) is 0 Å². The largest absolute Gasteiger partial charge is 0.469 e. The van der Waals surface area contributed by atoms with E-state index in [1.165, 1.54) is 17.6 Å². The van der Waals surface area contributed by atoms with Crippen molar-refractivity contribution in [1.29, 1.82) is 0 Å². The van der Waals surface area contributed by atoms with E-state index < -0.39 is 11.8 Å². The smallest absolute Gasteiger partial charge is 0.279 e. The van der Waals surface area contributed by atoms with Crippen LogP contribution in [0.1, 0.15) is 37.0 Å². The zero-order valence-corrected chi connectivity index (χ0v) is 17.2. The Labute approximate surface area is 175 Å². The minimum absolute atomic E-state index is 0.368. The Morgan fingerprint density at radius 2 is 1.93 bits per heavy atom. The van der Waals surface area contributed by atoms with Crippen LogP contribution in [0.2, 0.25) is 5.02 Å². The number of nitrogens with one attached hydrogen (secondary N) is 2. The molecule has 2 amide bonds. The van der Waals surface area contributed by atoms with Crippen LogP contribution in [0, 0.1) is 13.8 Å². The van der Waals surface area contributed by atoms with Crippen molar-refractivity contribution in [3.05, 3.63) is 75.1 Å². The number of hydrogen-bond donors (Lipinski definition) is 2. The lowest BCUT2D eigenvalue weighted by atomic mass is 10.2. The van der Waals surface area contributed by atoms with Crippen LogP contribution in [-0.4, -0.2) is 21.6 Å². The number of benzene rings is 1. The summed E-state index contributed by atoms with van der Waals surface area (Å²) in [6, 6.07) is 10.9. The summed E-state index contributed by atoms with van der Waals surface area (Å²) in [5.41, 5.74) is 6.98. The molecule has 0 aliphatic heterocycles. The number of fused-ring (bicyclic) bond motifs is 1. The molecule has 0 saturated carbocycles. The van der Waals surface area contributed by atoms with Crippen molar-refractivity contribution in [2.75, 3.05) is 0 Å². The van der Waals surface area contributed by atoms with E-state index in [-0.39, 0.29) is 0 Å². The normalized spacial score (nSPS) is 11.0. The fourth-order valence-electron chi connectivity index (χ4n) is 2.98. The van der Waals surface area contributed by atoms with Crippen LogP contribution >= 0.6 is 22.9 Å². The number of halogens is 1. The van der Waals surface area contributed by atoms with Gasteiger partial charge >= 0.3 is 0 Å². The second-order valence-corrected chi connectivity index (χ2v) is 7.90. The van der Waals surface area contributed by atoms with E-state index in [2.05, 4.69) is 16.0 Å². The topological polar surface area (TPSA) is 89.2 Å². The fraction of sp³-hybridized carbons (Fsp3) is 0.150. The van der Waals surface area contributed by atoms with E-state index in [1.807, 2.05) is 35.9 Å². The second-order valence-electron chi connectivity index (χ2n) is 6.46. The maximum absolute atomic E-state index is 12.5. The van der Waals surface area contributed by atoms with Gasteiger partial charge in [0.15, 0.2) is 0 Å². The number of thiophene rings is 1. The van der Waals surface area contributed by atoms with Crippen molar-refractivity contribution in [3.8, 4) is 0 Å². The molecule has 9 heteroatoms. The lowest BCUT2D eigenvalue weighted by molar-refractivity contribution is 0.0848. The highest BCUT2D eigenvalue weighted by atomic mass is 35.5. The van der Waals surface area contributed by atoms with Gasteiger partial charge in [-0.2, -0.15) is 5.10 Å². The predicted octanol–water partition coefficient (Wildman–Crippen LogP) is 4.08. The van der Waals surface area contributed by atoms with Gasteiger partial charge in [0.25, 0.3) is 11.8 Å². The van der Waals surface area contributed by atoms with Crippen LogP contribution in [0.15, 0.2) is 47.1 Å². The molecule has 0 spiro atoms. The third-order valence-corrected chi connectivity index (χ3v) is 6.02. The summed E-state index contributed by atoms with van der Waals surface area (Å²) in [6.07, 6.45) is 1.42. The molecule has 148 valence electrons. The number of nitrogens with zero attached hydrogens (tertiary/aromatic N) is 2. The molecule has 4 rings (SSSR count). The monoisotopic (exact) mass is 428 g/mol. The number of rotatable bonds is 4. The van der Waals surface area contributed by atoms with Gasteiger partial charge < -0.3 is 4.42 Å². The minimum atomic E-state index is -0.438.